The summed E-state index contributed by atoms with van der Waals surface area (Å²) in [7, 11) is 1.64. The second-order valence-electron chi connectivity index (χ2n) is 5.33. The molecule has 0 fully saturated rings. The predicted molar refractivity (Wildman–Crippen MR) is 79.2 cm³/mol. The first kappa shape index (κ1) is 14.3. The van der Waals surface area contributed by atoms with Gasteiger partial charge in [-0.15, -0.1) is 6.58 Å². The van der Waals surface area contributed by atoms with Gasteiger partial charge in [-0.25, -0.2) is 9.18 Å². The highest BCUT2D eigenvalue weighted by molar-refractivity contribution is 6.01. The molecule has 2 heterocycles. The number of hydrogen-bond donors (Lipinski definition) is 1. The van der Waals surface area contributed by atoms with Crippen LogP contribution in [-0.4, -0.2) is 41.9 Å². The van der Waals surface area contributed by atoms with Crippen molar-refractivity contribution in [3.05, 3.63) is 59.6 Å². The molecule has 0 saturated heterocycles. The van der Waals surface area contributed by atoms with Gasteiger partial charge in [0.15, 0.2) is 0 Å². The fourth-order valence-electron chi connectivity index (χ4n) is 2.83. The van der Waals surface area contributed by atoms with Gasteiger partial charge in [0.1, 0.15) is 5.82 Å². The van der Waals surface area contributed by atoms with Crippen LogP contribution < -0.4 is 5.32 Å². The summed E-state index contributed by atoms with van der Waals surface area (Å²) < 4.78 is 13.1. The average Bonchev–Trinajstić information content (AvgIpc) is 2.82. The highest BCUT2D eigenvalue weighted by Gasteiger charge is 2.42. The zero-order valence-corrected chi connectivity index (χ0v) is 12.2. The van der Waals surface area contributed by atoms with Gasteiger partial charge in [-0.3, -0.25) is 9.69 Å². The minimum absolute atomic E-state index is 0.129. The molecule has 3 rings (SSSR count). The van der Waals surface area contributed by atoms with Crippen molar-refractivity contribution >= 4 is 11.9 Å². The summed E-state index contributed by atoms with van der Waals surface area (Å²) in [5.74, 6) is -0.487. The van der Waals surface area contributed by atoms with E-state index in [-0.39, 0.29) is 17.8 Å². The molecule has 0 spiro atoms. The van der Waals surface area contributed by atoms with Crippen LogP contribution in [0.4, 0.5) is 9.18 Å². The number of rotatable bonds is 3. The topological polar surface area (TPSA) is 52.7 Å². The smallest absolute Gasteiger partial charge is 0.322 e. The highest BCUT2D eigenvalue weighted by Crippen LogP contribution is 2.35. The van der Waals surface area contributed by atoms with Crippen molar-refractivity contribution in [1.29, 1.82) is 0 Å². The molecule has 0 saturated carbocycles. The lowest BCUT2D eigenvalue weighted by atomic mass is 9.96. The highest BCUT2D eigenvalue weighted by atomic mass is 19.1. The molecule has 0 unspecified atom stereocenters. The van der Waals surface area contributed by atoms with Crippen LogP contribution in [0.5, 0.6) is 0 Å². The number of carbonyl (C=O) groups excluding carboxylic acids is 2. The Morgan fingerprint density at radius 2 is 2.05 bits per heavy atom. The van der Waals surface area contributed by atoms with E-state index >= 15 is 0 Å². The van der Waals surface area contributed by atoms with Crippen LogP contribution >= 0.6 is 0 Å². The number of carbonyl (C=O) groups is 2. The molecular formula is C16H16FN3O2. The number of benzene rings is 1. The molecule has 1 aromatic rings. The summed E-state index contributed by atoms with van der Waals surface area (Å²) >= 11 is 0. The SMILES string of the molecule is C=CCN1CC2=C(C1=O)[C@H](c1ccc(F)cc1)NC(=O)N2C. The van der Waals surface area contributed by atoms with Gasteiger partial charge >= 0.3 is 6.03 Å². The Morgan fingerprint density at radius 1 is 1.36 bits per heavy atom. The van der Waals surface area contributed by atoms with Gasteiger partial charge in [-0.05, 0) is 17.7 Å². The Bertz CT molecular complexity index is 681. The molecule has 114 valence electrons. The average molecular weight is 301 g/mol. The second kappa shape index (κ2) is 5.29. The van der Waals surface area contributed by atoms with Crippen LogP contribution in [-0.2, 0) is 4.79 Å². The molecule has 3 amide bonds. The van der Waals surface area contributed by atoms with Crippen LogP contribution in [0.25, 0.3) is 0 Å². The fraction of sp³-hybridized carbons (Fsp3) is 0.250. The molecule has 0 radical (unpaired) electrons. The minimum Gasteiger partial charge on any atom is -0.329 e. The van der Waals surface area contributed by atoms with Gasteiger partial charge < -0.3 is 10.2 Å². The van der Waals surface area contributed by atoms with Gasteiger partial charge in [0, 0.05) is 13.6 Å². The molecule has 6 heteroatoms. The lowest BCUT2D eigenvalue weighted by Crippen LogP contribution is -2.45. The molecule has 0 aliphatic carbocycles. The maximum atomic E-state index is 13.1. The molecule has 1 N–H and O–H groups in total. The maximum absolute atomic E-state index is 13.1. The summed E-state index contributed by atoms with van der Waals surface area (Å²) in [5, 5.41) is 2.80. The van der Waals surface area contributed by atoms with E-state index in [1.54, 1.807) is 30.2 Å². The number of nitrogens with zero attached hydrogens (tertiary/aromatic N) is 2. The van der Waals surface area contributed by atoms with E-state index in [1.807, 2.05) is 0 Å². The second-order valence-corrected chi connectivity index (χ2v) is 5.33. The number of hydrogen-bond acceptors (Lipinski definition) is 2. The molecule has 1 aromatic carbocycles. The molecule has 2 aliphatic rings. The van der Waals surface area contributed by atoms with Crippen LogP contribution in [0, 0.1) is 5.82 Å². The third-order valence-electron chi connectivity index (χ3n) is 3.99. The van der Waals surface area contributed by atoms with E-state index in [1.165, 1.54) is 17.0 Å². The molecule has 0 bridgehead atoms. The van der Waals surface area contributed by atoms with E-state index in [0.717, 1.165) is 0 Å². The standard InChI is InChI=1S/C16H16FN3O2/c1-3-8-20-9-12-13(15(20)21)14(18-16(22)19(12)2)10-4-6-11(17)7-5-10/h3-7,14H,1,8-9H2,2H3,(H,18,22)/t14-/m0/s1. The number of nitrogens with one attached hydrogen (secondary N) is 1. The molecule has 22 heavy (non-hydrogen) atoms. The first-order valence-corrected chi connectivity index (χ1v) is 6.96. The lowest BCUT2D eigenvalue weighted by molar-refractivity contribution is -0.125. The Morgan fingerprint density at radius 3 is 2.68 bits per heavy atom. The summed E-state index contributed by atoms with van der Waals surface area (Å²) in [6.45, 7) is 4.44. The van der Waals surface area contributed by atoms with Crippen molar-refractivity contribution in [1.82, 2.24) is 15.1 Å². The van der Waals surface area contributed by atoms with Crippen molar-refractivity contribution in [2.45, 2.75) is 6.04 Å². The van der Waals surface area contributed by atoms with Gasteiger partial charge in [0.2, 0.25) is 0 Å². The van der Waals surface area contributed by atoms with Gasteiger partial charge in [-0.1, -0.05) is 18.2 Å². The minimum atomic E-state index is -0.554. The zero-order valence-electron chi connectivity index (χ0n) is 12.2. The molecule has 0 aromatic heterocycles. The third-order valence-corrected chi connectivity index (χ3v) is 3.99. The number of amides is 3. The maximum Gasteiger partial charge on any atom is 0.322 e. The van der Waals surface area contributed by atoms with Crippen LogP contribution in [0.1, 0.15) is 11.6 Å². The summed E-state index contributed by atoms with van der Waals surface area (Å²) in [6.07, 6.45) is 1.65. The quantitative estimate of drug-likeness (QED) is 0.866. The van der Waals surface area contributed by atoms with Crippen molar-refractivity contribution in [2.75, 3.05) is 20.1 Å². The van der Waals surface area contributed by atoms with Gasteiger partial charge in [0.25, 0.3) is 5.91 Å². The van der Waals surface area contributed by atoms with Crippen LogP contribution in [0.2, 0.25) is 0 Å². The van der Waals surface area contributed by atoms with Crippen molar-refractivity contribution in [3.63, 3.8) is 0 Å². The van der Waals surface area contributed by atoms with Crippen LogP contribution in [0.15, 0.2) is 48.2 Å². The normalized spacial score (nSPS) is 21.1. The third kappa shape index (κ3) is 2.16. The van der Waals surface area contributed by atoms with E-state index in [9.17, 15) is 14.0 Å². The summed E-state index contributed by atoms with van der Waals surface area (Å²) in [6, 6.07) is 4.98. The number of urea groups is 1. The Balaban J connectivity index is 2.03. The fourth-order valence-corrected chi connectivity index (χ4v) is 2.83. The zero-order chi connectivity index (χ0) is 15.9. The Hall–Kier alpha value is -2.63. The van der Waals surface area contributed by atoms with Gasteiger partial charge in [0.05, 0.1) is 23.9 Å². The molecule has 2 aliphatic heterocycles. The van der Waals surface area contributed by atoms with E-state index in [4.69, 9.17) is 0 Å². The lowest BCUT2D eigenvalue weighted by Gasteiger charge is -2.31. The molecule has 1 atom stereocenters. The predicted octanol–water partition coefficient (Wildman–Crippen LogP) is 1.80. The first-order chi connectivity index (χ1) is 10.5. The number of likely N-dealkylation sites (N-methyl/N-ethyl adjacent to an activating group) is 1. The summed E-state index contributed by atoms with van der Waals surface area (Å²) in [4.78, 5) is 27.8. The Labute approximate surface area is 127 Å². The van der Waals surface area contributed by atoms with Crippen LogP contribution in [0.3, 0.4) is 0 Å². The summed E-state index contributed by atoms with van der Waals surface area (Å²) in [5.41, 5.74) is 1.91. The van der Waals surface area contributed by atoms with Crippen molar-refractivity contribution < 1.29 is 14.0 Å². The van der Waals surface area contributed by atoms with Gasteiger partial charge in [-0.2, -0.15) is 0 Å². The van der Waals surface area contributed by atoms with E-state index in [2.05, 4.69) is 11.9 Å². The van der Waals surface area contributed by atoms with E-state index in [0.29, 0.717) is 29.9 Å². The molecular weight excluding hydrogens is 285 g/mol. The molecule has 5 nitrogen and oxygen atoms in total. The first-order valence-electron chi connectivity index (χ1n) is 6.96. The van der Waals surface area contributed by atoms with E-state index < -0.39 is 6.04 Å². The van der Waals surface area contributed by atoms with Crippen molar-refractivity contribution in [3.8, 4) is 0 Å². The monoisotopic (exact) mass is 301 g/mol. The Kier molecular flexibility index (Phi) is 3.44. The van der Waals surface area contributed by atoms with Crippen molar-refractivity contribution in [2.24, 2.45) is 0 Å². The largest absolute Gasteiger partial charge is 0.329 e. The number of halogens is 1.